The predicted molar refractivity (Wildman–Crippen MR) is 69.7 cm³/mol. The number of aromatic nitrogens is 2. The zero-order chi connectivity index (χ0) is 11.8. The van der Waals surface area contributed by atoms with Crippen LogP contribution in [-0.4, -0.2) is 36.4 Å². The van der Waals surface area contributed by atoms with Crippen LogP contribution < -0.4 is 10.2 Å². The Labute approximate surface area is 103 Å². The van der Waals surface area contributed by atoms with Gasteiger partial charge in [-0.15, -0.1) is 0 Å². The third-order valence-corrected chi connectivity index (χ3v) is 4.25. The van der Waals surface area contributed by atoms with Gasteiger partial charge in [0.1, 0.15) is 0 Å². The van der Waals surface area contributed by atoms with Gasteiger partial charge in [0.05, 0.1) is 0 Å². The van der Waals surface area contributed by atoms with E-state index in [1.807, 2.05) is 0 Å². The van der Waals surface area contributed by atoms with E-state index in [0.29, 0.717) is 11.8 Å². The smallest absolute Gasteiger partial charge is 0.154 e. The minimum absolute atomic E-state index is 0.644. The van der Waals surface area contributed by atoms with Gasteiger partial charge in [0.2, 0.25) is 0 Å². The average molecular weight is 234 g/mol. The van der Waals surface area contributed by atoms with E-state index in [0.717, 1.165) is 26.2 Å². The fourth-order valence-corrected chi connectivity index (χ4v) is 3.12. The maximum absolute atomic E-state index is 4.60. The molecule has 0 amide bonds. The molecule has 0 aromatic carbocycles. The van der Waals surface area contributed by atoms with Gasteiger partial charge < -0.3 is 10.2 Å². The fourth-order valence-electron chi connectivity index (χ4n) is 3.12. The van der Waals surface area contributed by atoms with Crippen LogP contribution in [0.4, 0.5) is 5.82 Å². The molecule has 2 N–H and O–H groups in total. The molecule has 0 spiro atoms. The van der Waals surface area contributed by atoms with Gasteiger partial charge in [0, 0.05) is 37.4 Å². The third-order valence-electron chi connectivity index (χ3n) is 4.25. The van der Waals surface area contributed by atoms with Crippen molar-refractivity contribution in [2.75, 3.05) is 31.1 Å². The summed E-state index contributed by atoms with van der Waals surface area (Å²) in [7, 11) is 0. The predicted octanol–water partition coefficient (Wildman–Crippen LogP) is 1.82. The molecule has 0 radical (unpaired) electrons. The van der Waals surface area contributed by atoms with Gasteiger partial charge in [-0.2, -0.15) is 5.10 Å². The Balaban J connectivity index is 1.95. The van der Waals surface area contributed by atoms with Crippen molar-refractivity contribution in [3.8, 4) is 0 Å². The van der Waals surface area contributed by atoms with E-state index in [9.17, 15) is 0 Å². The number of fused-ring (bicyclic) bond motifs is 1. The summed E-state index contributed by atoms with van der Waals surface area (Å²) in [5.74, 6) is 2.52. The van der Waals surface area contributed by atoms with Crippen molar-refractivity contribution in [3.63, 3.8) is 0 Å². The van der Waals surface area contributed by atoms with Gasteiger partial charge in [0.15, 0.2) is 5.82 Å². The lowest BCUT2D eigenvalue weighted by molar-refractivity contribution is 0.517. The van der Waals surface area contributed by atoms with Crippen molar-refractivity contribution in [1.29, 1.82) is 0 Å². The van der Waals surface area contributed by atoms with Crippen LogP contribution >= 0.6 is 0 Å². The van der Waals surface area contributed by atoms with Crippen LogP contribution in [0.1, 0.15) is 49.8 Å². The summed E-state index contributed by atoms with van der Waals surface area (Å²) in [6, 6.07) is 0. The van der Waals surface area contributed by atoms with E-state index < -0.39 is 0 Å². The second-order valence-electron chi connectivity index (χ2n) is 5.49. The number of nitrogens with one attached hydrogen (secondary N) is 2. The summed E-state index contributed by atoms with van der Waals surface area (Å²) in [5, 5.41) is 11.3. The molecule has 1 fully saturated rings. The zero-order valence-electron chi connectivity index (χ0n) is 10.8. The lowest BCUT2D eigenvalue weighted by atomic mass is 9.82. The summed E-state index contributed by atoms with van der Waals surface area (Å²) in [6.07, 6.45) is 2.59. The van der Waals surface area contributed by atoms with Crippen LogP contribution in [0, 0.1) is 0 Å². The first-order valence-corrected chi connectivity index (χ1v) is 6.81. The lowest BCUT2D eigenvalue weighted by Gasteiger charge is -2.31. The zero-order valence-corrected chi connectivity index (χ0v) is 10.8. The molecule has 3 rings (SSSR count). The second-order valence-corrected chi connectivity index (χ2v) is 5.49. The van der Waals surface area contributed by atoms with Crippen molar-refractivity contribution >= 4 is 5.82 Å². The minimum atomic E-state index is 0.644. The van der Waals surface area contributed by atoms with Gasteiger partial charge in [-0.05, 0) is 24.7 Å². The number of nitrogens with zero attached hydrogens (tertiary/aromatic N) is 2. The molecule has 2 atom stereocenters. The first-order valence-electron chi connectivity index (χ1n) is 6.81. The molecule has 1 aliphatic heterocycles. The summed E-state index contributed by atoms with van der Waals surface area (Å²) in [5.41, 5.74) is 2.88. The average Bonchev–Trinajstić information content (AvgIpc) is 2.81. The number of anilines is 1. The van der Waals surface area contributed by atoms with E-state index in [-0.39, 0.29) is 0 Å². The molecule has 1 saturated heterocycles. The molecule has 94 valence electrons. The van der Waals surface area contributed by atoms with Gasteiger partial charge in [0.25, 0.3) is 0 Å². The molecule has 1 aromatic heterocycles. The van der Waals surface area contributed by atoms with E-state index in [2.05, 4.69) is 34.3 Å². The number of hydrogen-bond donors (Lipinski definition) is 2. The Morgan fingerprint density at radius 1 is 1.12 bits per heavy atom. The summed E-state index contributed by atoms with van der Waals surface area (Å²) in [4.78, 5) is 2.43. The number of aromatic amines is 1. The van der Waals surface area contributed by atoms with E-state index in [4.69, 9.17) is 0 Å². The van der Waals surface area contributed by atoms with Crippen LogP contribution in [-0.2, 0) is 0 Å². The summed E-state index contributed by atoms with van der Waals surface area (Å²) in [6.45, 7) is 8.96. The molecule has 2 heterocycles. The van der Waals surface area contributed by atoms with Gasteiger partial charge >= 0.3 is 0 Å². The van der Waals surface area contributed by atoms with E-state index >= 15 is 0 Å². The lowest BCUT2D eigenvalue weighted by Crippen LogP contribution is -2.44. The molecule has 1 aliphatic carbocycles. The molecule has 1 aromatic rings. The van der Waals surface area contributed by atoms with Crippen LogP contribution in [0.25, 0.3) is 0 Å². The Kier molecular flexibility index (Phi) is 2.82. The monoisotopic (exact) mass is 234 g/mol. The Morgan fingerprint density at radius 3 is 2.59 bits per heavy atom. The largest absolute Gasteiger partial charge is 0.352 e. The van der Waals surface area contributed by atoms with Crippen LogP contribution in [0.2, 0.25) is 0 Å². The van der Waals surface area contributed by atoms with Gasteiger partial charge in [-0.3, -0.25) is 5.10 Å². The van der Waals surface area contributed by atoms with Crippen LogP contribution in [0.3, 0.4) is 0 Å². The van der Waals surface area contributed by atoms with Crippen molar-refractivity contribution in [3.05, 3.63) is 11.3 Å². The summed E-state index contributed by atoms with van der Waals surface area (Å²) < 4.78 is 0. The minimum Gasteiger partial charge on any atom is -0.352 e. The number of hydrogen-bond acceptors (Lipinski definition) is 3. The maximum Gasteiger partial charge on any atom is 0.154 e. The van der Waals surface area contributed by atoms with Crippen molar-refractivity contribution in [1.82, 2.24) is 15.5 Å². The number of piperazine rings is 1. The SMILES string of the molecule is CC1CCC(C)c2c(N3CCNCC3)n[nH]c21. The molecule has 2 unspecified atom stereocenters. The van der Waals surface area contributed by atoms with Crippen LogP contribution in [0.15, 0.2) is 0 Å². The topological polar surface area (TPSA) is 44.0 Å². The van der Waals surface area contributed by atoms with Crippen molar-refractivity contribution in [2.24, 2.45) is 0 Å². The van der Waals surface area contributed by atoms with Gasteiger partial charge in [-0.1, -0.05) is 13.8 Å². The Morgan fingerprint density at radius 2 is 1.82 bits per heavy atom. The number of H-pyrrole nitrogens is 1. The van der Waals surface area contributed by atoms with Crippen molar-refractivity contribution in [2.45, 2.75) is 38.5 Å². The standard InChI is InChI=1S/C13H22N4/c1-9-3-4-10(2)12-11(9)13(16-15-12)17-7-5-14-6-8-17/h9-10,14H,3-8H2,1-2H3,(H,15,16). The first-order chi connectivity index (χ1) is 8.27. The highest BCUT2D eigenvalue weighted by molar-refractivity contribution is 5.53. The molecule has 4 nitrogen and oxygen atoms in total. The molecular weight excluding hydrogens is 212 g/mol. The molecular formula is C13H22N4. The fraction of sp³-hybridized carbons (Fsp3) is 0.769. The van der Waals surface area contributed by atoms with E-state index in [1.54, 1.807) is 0 Å². The number of rotatable bonds is 1. The molecule has 4 heteroatoms. The first kappa shape index (κ1) is 11.1. The third kappa shape index (κ3) is 1.84. The highest BCUT2D eigenvalue weighted by Gasteiger charge is 2.29. The molecule has 0 saturated carbocycles. The van der Waals surface area contributed by atoms with E-state index in [1.165, 1.54) is 29.9 Å². The highest BCUT2D eigenvalue weighted by Crippen LogP contribution is 2.41. The Hall–Kier alpha value is -1.03. The second kappa shape index (κ2) is 4.33. The van der Waals surface area contributed by atoms with Crippen molar-refractivity contribution < 1.29 is 0 Å². The Bertz CT molecular complexity index is 392. The summed E-state index contributed by atoms with van der Waals surface area (Å²) >= 11 is 0. The highest BCUT2D eigenvalue weighted by atomic mass is 15.3. The normalized spacial score (nSPS) is 29.2. The quantitative estimate of drug-likeness (QED) is 0.779. The molecule has 2 aliphatic rings. The van der Waals surface area contributed by atoms with Gasteiger partial charge in [-0.25, -0.2) is 0 Å². The van der Waals surface area contributed by atoms with Crippen LogP contribution in [0.5, 0.6) is 0 Å². The maximum atomic E-state index is 4.60. The molecule has 17 heavy (non-hydrogen) atoms. The molecule has 0 bridgehead atoms.